The third kappa shape index (κ3) is 3.58. The van der Waals surface area contributed by atoms with Gasteiger partial charge in [0.15, 0.2) is 0 Å². The van der Waals surface area contributed by atoms with Crippen molar-refractivity contribution >= 4 is 21.8 Å². The van der Waals surface area contributed by atoms with Crippen molar-refractivity contribution in [1.82, 2.24) is 8.61 Å². The van der Waals surface area contributed by atoms with Crippen molar-refractivity contribution in [1.29, 1.82) is 0 Å². The minimum atomic E-state index is -3.31. The summed E-state index contributed by atoms with van der Waals surface area (Å²) < 4.78 is 27.2. The van der Waals surface area contributed by atoms with Gasteiger partial charge in [-0.25, -0.2) is 0 Å². The molecule has 0 spiro atoms. The Bertz CT molecular complexity index is 319. The van der Waals surface area contributed by atoms with Crippen LogP contribution in [0.4, 0.5) is 0 Å². The smallest absolute Gasteiger partial charge is 0.195 e. The second-order valence-corrected chi connectivity index (χ2v) is 7.45. The maximum absolute atomic E-state index is 12.2. The average Bonchev–Trinajstić information content (AvgIpc) is 2.16. The Hall–Kier alpha value is 0.160. The number of halogens is 1. The van der Waals surface area contributed by atoms with Crippen LogP contribution in [0.25, 0.3) is 0 Å². The van der Waals surface area contributed by atoms with Crippen molar-refractivity contribution in [3.8, 4) is 0 Å². The molecule has 0 radical (unpaired) electrons. The minimum absolute atomic E-state index is 0.165. The summed E-state index contributed by atoms with van der Waals surface area (Å²) in [7, 11) is -1.72. The summed E-state index contributed by atoms with van der Waals surface area (Å²) in [6.45, 7) is 5.50. The van der Waals surface area contributed by atoms with E-state index in [0.717, 1.165) is 12.8 Å². The average molecular weight is 269 g/mol. The fourth-order valence-corrected chi connectivity index (χ4v) is 3.90. The van der Waals surface area contributed by atoms with Crippen LogP contribution in [-0.4, -0.2) is 49.1 Å². The molecule has 1 heterocycles. The molecule has 0 bridgehead atoms. The molecule has 4 nitrogen and oxygen atoms in total. The summed E-state index contributed by atoms with van der Waals surface area (Å²) in [4.78, 5) is 0. The van der Waals surface area contributed by atoms with Crippen molar-refractivity contribution < 1.29 is 8.42 Å². The first-order chi connectivity index (χ1) is 7.34. The maximum Gasteiger partial charge on any atom is 0.281 e. The molecule has 1 fully saturated rings. The summed E-state index contributed by atoms with van der Waals surface area (Å²) in [6.07, 6.45) is 2.06. The van der Waals surface area contributed by atoms with E-state index in [1.807, 2.05) is 0 Å². The third-order valence-corrected chi connectivity index (χ3v) is 4.91. The summed E-state index contributed by atoms with van der Waals surface area (Å²) in [5, 5.41) is -0.165. The highest BCUT2D eigenvalue weighted by molar-refractivity contribution is 7.86. The zero-order chi connectivity index (χ0) is 12.3. The number of hydrogen-bond donors (Lipinski definition) is 0. The lowest BCUT2D eigenvalue weighted by Gasteiger charge is -2.33. The predicted octanol–water partition coefficient (Wildman–Crippen LogP) is 1.52. The lowest BCUT2D eigenvalue weighted by Crippen LogP contribution is -2.47. The standard InChI is InChI=1S/C10H21ClN2O2S/c1-9-5-4-6-13(7-9)16(14,15)12(3)8-10(2)11/h9-10H,4-8H2,1-3H3. The van der Waals surface area contributed by atoms with Crippen LogP contribution in [0.3, 0.4) is 0 Å². The van der Waals surface area contributed by atoms with E-state index < -0.39 is 10.2 Å². The van der Waals surface area contributed by atoms with Crippen molar-refractivity contribution in [3.05, 3.63) is 0 Å². The Morgan fingerprint density at radius 3 is 2.69 bits per heavy atom. The van der Waals surface area contributed by atoms with Gasteiger partial charge in [-0.2, -0.15) is 17.0 Å². The molecule has 0 aromatic carbocycles. The number of alkyl halides is 1. The van der Waals surface area contributed by atoms with Crippen molar-refractivity contribution in [2.45, 2.75) is 32.1 Å². The highest BCUT2D eigenvalue weighted by atomic mass is 35.5. The van der Waals surface area contributed by atoms with Gasteiger partial charge in [0.25, 0.3) is 10.2 Å². The van der Waals surface area contributed by atoms with E-state index in [0.29, 0.717) is 25.6 Å². The molecule has 0 aromatic rings. The summed E-state index contributed by atoms with van der Waals surface area (Å²) in [5.41, 5.74) is 0. The van der Waals surface area contributed by atoms with Crippen LogP contribution in [0.15, 0.2) is 0 Å². The normalized spacial score (nSPS) is 25.9. The van der Waals surface area contributed by atoms with E-state index in [9.17, 15) is 8.42 Å². The van der Waals surface area contributed by atoms with Crippen LogP contribution in [0, 0.1) is 5.92 Å². The number of nitrogens with zero attached hydrogens (tertiary/aromatic N) is 2. The van der Waals surface area contributed by atoms with Gasteiger partial charge < -0.3 is 0 Å². The molecule has 6 heteroatoms. The van der Waals surface area contributed by atoms with Gasteiger partial charge in [0.1, 0.15) is 0 Å². The molecule has 0 aromatic heterocycles. The first-order valence-electron chi connectivity index (χ1n) is 5.69. The maximum atomic E-state index is 12.2. The largest absolute Gasteiger partial charge is 0.281 e. The Labute approximate surface area is 104 Å². The molecule has 1 rings (SSSR count). The highest BCUT2D eigenvalue weighted by Crippen LogP contribution is 2.20. The molecule has 0 N–H and O–H groups in total. The SMILES string of the molecule is CC(Cl)CN(C)S(=O)(=O)N1CCCC(C)C1. The molecule has 2 atom stereocenters. The number of rotatable bonds is 4. The molecular weight excluding hydrogens is 248 g/mol. The van der Waals surface area contributed by atoms with Crippen LogP contribution >= 0.6 is 11.6 Å². The molecule has 0 aliphatic carbocycles. The Morgan fingerprint density at radius 2 is 2.19 bits per heavy atom. The van der Waals surface area contributed by atoms with Gasteiger partial charge >= 0.3 is 0 Å². The van der Waals surface area contributed by atoms with Crippen LogP contribution in [0.5, 0.6) is 0 Å². The van der Waals surface area contributed by atoms with Crippen LogP contribution in [-0.2, 0) is 10.2 Å². The van der Waals surface area contributed by atoms with Gasteiger partial charge in [-0.3, -0.25) is 0 Å². The minimum Gasteiger partial charge on any atom is -0.195 e. The summed E-state index contributed by atoms with van der Waals surface area (Å²) in [6, 6.07) is 0. The summed E-state index contributed by atoms with van der Waals surface area (Å²) >= 11 is 5.82. The second-order valence-electron chi connectivity index (χ2n) is 4.67. The molecule has 96 valence electrons. The number of piperidine rings is 1. The van der Waals surface area contributed by atoms with E-state index in [2.05, 4.69) is 6.92 Å². The first-order valence-corrected chi connectivity index (χ1v) is 7.53. The van der Waals surface area contributed by atoms with E-state index in [-0.39, 0.29) is 5.38 Å². The molecule has 0 amide bonds. The molecule has 1 aliphatic rings. The Morgan fingerprint density at radius 1 is 1.56 bits per heavy atom. The molecule has 16 heavy (non-hydrogen) atoms. The third-order valence-electron chi connectivity index (χ3n) is 2.85. The lowest BCUT2D eigenvalue weighted by molar-refractivity contribution is 0.264. The first kappa shape index (κ1) is 14.2. The molecule has 1 aliphatic heterocycles. The topological polar surface area (TPSA) is 40.6 Å². The monoisotopic (exact) mass is 268 g/mol. The lowest BCUT2D eigenvalue weighted by atomic mass is 10.0. The van der Waals surface area contributed by atoms with Gasteiger partial charge in [0.05, 0.1) is 0 Å². The highest BCUT2D eigenvalue weighted by Gasteiger charge is 2.30. The van der Waals surface area contributed by atoms with Crippen LogP contribution < -0.4 is 0 Å². The fourth-order valence-electron chi connectivity index (χ4n) is 2.00. The van der Waals surface area contributed by atoms with Crippen molar-refractivity contribution in [2.24, 2.45) is 5.92 Å². The number of hydrogen-bond acceptors (Lipinski definition) is 2. The predicted molar refractivity (Wildman–Crippen MR) is 66.8 cm³/mol. The zero-order valence-electron chi connectivity index (χ0n) is 10.2. The zero-order valence-corrected chi connectivity index (χ0v) is 11.8. The van der Waals surface area contributed by atoms with E-state index in [4.69, 9.17) is 11.6 Å². The van der Waals surface area contributed by atoms with Gasteiger partial charge in [0, 0.05) is 32.1 Å². The molecule has 2 unspecified atom stereocenters. The van der Waals surface area contributed by atoms with Crippen molar-refractivity contribution in [2.75, 3.05) is 26.7 Å². The van der Waals surface area contributed by atoms with Crippen LogP contribution in [0.2, 0.25) is 0 Å². The fraction of sp³-hybridized carbons (Fsp3) is 1.00. The Kier molecular flexibility index (Phi) is 5.04. The van der Waals surface area contributed by atoms with Gasteiger partial charge in [-0.15, -0.1) is 11.6 Å². The molecular formula is C10H21ClN2O2S. The molecule has 1 saturated heterocycles. The quantitative estimate of drug-likeness (QED) is 0.726. The van der Waals surface area contributed by atoms with Gasteiger partial charge in [-0.1, -0.05) is 6.92 Å². The molecule has 0 saturated carbocycles. The second kappa shape index (κ2) is 5.67. The van der Waals surface area contributed by atoms with E-state index >= 15 is 0 Å². The van der Waals surface area contributed by atoms with Gasteiger partial charge in [-0.05, 0) is 25.7 Å². The van der Waals surface area contributed by atoms with E-state index in [1.54, 1.807) is 18.3 Å². The van der Waals surface area contributed by atoms with Crippen molar-refractivity contribution in [3.63, 3.8) is 0 Å². The Balaban J connectivity index is 2.68. The van der Waals surface area contributed by atoms with Crippen LogP contribution in [0.1, 0.15) is 26.7 Å². The van der Waals surface area contributed by atoms with Gasteiger partial charge in [0.2, 0.25) is 0 Å². The summed E-state index contributed by atoms with van der Waals surface area (Å²) in [5.74, 6) is 0.449. The van der Waals surface area contributed by atoms with E-state index in [1.165, 1.54) is 4.31 Å².